The predicted molar refractivity (Wildman–Crippen MR) is 123 cm³/mol. The largest absolute Gasteiger partial charge is 0.339 e. The van der Waals surface area contributed by atoms with E-state index in [1.807, 2.05) is 29.2 Å². The number of para-hydroxylation sites is 1. The Hall–Kier alpha value is -2.08. The van der Waals surface area contributed by atoms with Gasteiger partial charge in [-0.25, -0.2) is 4.98 Å². The zero-order valence-corrected chi connectivity index (χ0v) is 18.6. The number of nitrogens with zero attached hydrogens (tertiary/aromatic N) is 3. The Kier molecular flexibility index (Phi) is 6.93. The molecule has 0 spiro atoms. The lowest BCUT2D eigenvalue weighted by Crippen LogP contribution is -2.43. The van der Waals surface area contributed by atoms with E-state index in [9.17, 15) is 9.59 Å². The zero-order chi connectivity index (χ0) is 20.9. The number of allylic oxidation sites excluding steroid dienone is 2. The van der Waals surface area contributed by atoms with Gasteiger partial charge in [-0.1, -0.05) is 35.5 Å². The molecule has 0 N–H and O–H groups in total. The molecular formula is C24H31N3O2S. The number of benzene rings is 1. The Morgan fingerprint density at radius 2 is 2.07 bits per heavy atom. The van der Waals surface area contributed by atoms with Crippen molar-refractivity contribution in [2.75, 3.05) is 12.3 Å². The average molecular weight is 426 g/mol. The fourth-order valence-electron chi connectivity index (χ4n) is 4.52. The third-order valence-corrected chi connectivity index (χ3v) is 7.28. The second-order valence-corrected chi connectivity index (χ2v) is 9.39. The highest BCUT2D eigenvalue weighted by atomic mass is 32.2. The van der Waals surface area contributed by atoms with Gasteiger partial charge in [0.15, 0.2) is 5.16 Å². The number of hydrogen-bond acceptors (Lipinski definition) is 4. The zero-order valence-electron chi connectivity index (χ0n) is 17.8. The fourth-order valence-corrected chi connectivity index (χ4v) is 5.43. The van der Waals surface area contributed by atoms with Crippen LogP contribution in [0.2, 0.25) is 0 Å². The SMILES string of the molecule is C[C@@H]1CCCCN1C(=O)CSc1nc2ccccc2c(=O)n1CCC1=CCCCC1. The highest BCUT2D eigenvalue weighted by molar-refractivity contribution is 7.99. The summed E-state index contributed by atoms with van der Waals surface area (Å²) < 4.78 is 1.79. The van der Waals surface area contributed by atoms with Crippen LogP contribution in [-0.2, 0) is 11.3 Å². The molecule has 0 radical (unpaired) electrons. The Labute approximate surface area is 182 Å². The van der Waals surface area contributed by atoms with Crippen LogP contribution in [0.25, 0.3) is 10.9 Å². The van der Waals surface area contributed by atoms with E-state index in [0.29, 0.717) is 34.4 Å². The third kappa shape index (κ3) is 4.80. The maximum atomic E-state index is 13.2. The molecule has 1 fully saturated rings. The van der Waals surface area contributed by atoms with E-state index in [0.717, 1.165) is 38.6 Å². The van der Waals surface area contributed by atoms with Crippen molar-refractivity contribution in [3.63, 3.8) is 0 Å². The van der Waals surface area contributed by atoms with Crippen LogP contribution in [0.5, 0.6) is 0 Å². The highest BCUT2D eigenvalue weighted by Gasteiger charge is 2.24. The summed E-state index contributed by atoms with van der Waals surface area (Å²) in [6, 6.07) is 7.81. The number of carbonyl (C=O) groups is 1. The van der Waals surface area contributed by atoms with Crippen LogP contribution in [0.1, 0.15) is 58.3 Å². The minimum absolute atomic E-state index is 0.00158. The molecule has 1 aliphatic heterocycles. The lowest BCUT2D eigenvalue weighted by Gasteiger charge is -2.33. The molecule has 6 heteroatoms. The first-order valence-corrected chi connectivity index (χ1v) is 12.2. The van der Waals surface area contributed by atoms with Crippen molar-refractivity contribution in [1.82, 2.24) is 14.5 Å². The normalized spacial score (nSPS) is 19.7. The third-order valence-electron chi connectivity index (χ3n) is 6.32. The van der Waals surface area contributed by atoms with Crippen LogP contribution in [0.4, 0.5) is 0 Å². The molecule has 5 nitrogen and oxygen atoms in total. The fraction of sp³-hybridized carbons (Fsp3) is 0.542. The summed E-state index contributed by atoms with van der Waals surface area (Å²) in [6.45, 7) is 3.59. The molecule has 1 atom stereocenters. The molecule has 0 saturated carbocycles. The number of carbonyl (C=O) groups excluding carboxylic acids is 1. The first-order chi connectivity index (χ1) is 14.6. The number of thioether (sulfide) groups is 1. The number of hydrogen-bond donors (Lipinski definition) is 0. The first kappa shape index (κ1) is 21.2. The summed E-state index contributed by atoms with van der Waals surface area (Å²) in [5, 5.41) is 1.31. The predicted octanol–water partition coefficient (Wildman–Crippen LogP) is 4.78. The Morgan fingerprint density at radius 1 is 1.20 bits per heavy atom. The van der Waals surface area contributed by atoms with Crippen LogP contribution in [-0.4, -0.2) is 38.7 Å². The summed E-state index contributed by atoms with van der Waals surface area (Å²) in [4.78, 5) is 32.8. The van der Waals surface area contributed by atoms with Gasteiger partial charge in [0.1, 0.15) is 0 Å². The van der Waals surface area contributed by atoms with E-state index in [4.69, 9.17) is 4.98 Å². The van der Waals surface area contributed by atoms with Crippen molar-refractivity contribution in [2.24, 2.45) is 0 Å². The second kappa shape index (κ2) is 9.82. The first-order valence-electron chi connectivity index (χ1n) is 11.2. The number of amides is 1. The molecule has 30 heavy (non-hydrogen) atoms. The number of fused-ring (bicyclic) bond motifs is 1. The van der Waals surface area contributed by atoms with Gasteiger partial charge in [0.05, 0.1) is 16.7 Å². The molecule has 1 amide bonds. The van der Waals surface area contributed by atoms with Crippen LogP contribution < -0.4 is 5.56 Å². The van der Waals surface area contributed by atoms with Crippen molar-refractivity contribution < 1.29 is 4.79 Å². The minimum atomic E-state index is -0.00158. The highest BCUT2D eigenvalue weighted by Crippen LogP contribution is 2.24. The Morgan fingerprint density at radius 3 is 2.87 bits per heavy atom. The topological polar surface area (TPSA) is 55.2 Å². The average Bonchev–Trinajstić information content (AvgIpc) is 2.78. The molecule has 160 valence electrons. The van der Waals surface area contributed by atoms with Gasteiger partial charge < -0.3 is 4.90 Å². The molecular weight excluding hydrogens is 394 g/mol. The summed E-state index contributed by atoms with van der Waals surface area (Å²) in [6.07, 6.45) is 11.3. The number of rotatable bonds is 6. The van der Waals surface area contributed by atoms with E-state index in [1.54, 1.807) is 4.57 Å². The Balaban J connectivity index is 1.56. The van der Waals surface area contributed by atoms with Crippen molar-refractivity contribution in [3.8, 4) is 0 Å². The summed E-state index contributed by atoms with van der Waals surface area (Å²) in [5.41, 5.74) is 2.14. The molecule has 4 rings (SSSR count). The number of piperidine rings is 1. The van der Waals surface area contributed by atoms with E-state index in [-0.39, 0.29) is 11.5 Å². The summed E-state index contributed by atoms with van der Waals surface area (Å²) in [5.74, 6) is 0.480. The standard InChI is InChI=1S/C24H31N3O2S/c1-18-9-7-8-15-26(18)22(28)17-30-24-25-21-13-6-5-12-20(21)23(29)27(24)16-14-19-10-3-2-4-11-19/h5-6,10,12-13,18H,2-4,7-9,11,14-17H2,1H3/t18-/m1/s1. The van der Waals surface area contributed by atoms with Gasteiger partial charge in [0.25, 0.3) is 5.56 Å². The van der Waals surface area contributed by atoms with Crippen LogP contribution in [0.3, 0.4) is 0 Å². The minimum Gasteiger partial charge on any atom is -0.339 e. The molecule has 0 bridgehead atoms. The van der Waals surface area contributed by atoms with Crippen molar-refractivity contribution >= 4 is 28.6 Å². The maximum absolute atomic E-state index is 13.2. The number of likely N-dealkylation sites (tertiary alicyclic amines) is 1. The smallest absolute Gasteiger partial charge is 0.262 e. The van der Waals surface area contributed by atoms with Crippen molar-refractivity contribution in [2.45, 2.75) is 76.0 Å². The van der Waals surface area contributed by atoms with Gasteiger partial charge in [-0.05, 0) is 70.4 Å². The van der Waals surface area contributed by atoms with Crippen LogP contribution in [0, 0.1) is 0 Å². The van der Waals surface area contributed by atoms with Gasteiger partial charge in [-0.2, -0.15) is 0 Å². The molecule has 1 aromatic heterocycles. The monoisotopic (exact) mass is 425 g/mol. The molecule has 1 saturated heterocycles. The van der Waals surface area contributed by atoms with Gasteiger partial charge in [-0.15, -0.1) is 0 Å². The van der Waals surface area contributed by atoms with Gasteiger partial charge in [0.2, 0.25) is 5.91 Å². The van der Waals surface area contributed by atoms with Gasteiger partial charge in [0, 0.05) is 19.1 Å². The molecule has 2 aromatic rings. The second-order valence-electron chi connectivity index (χ2n) is 8.45. The Bertz CT molecular complexity index is 998. The van der Waals surface area contributed by atoms with Gasteiger partial charge in [-0.3, -0.25) is 14.2 Å². The molecule has 1 aliphatic carbocycles. The van der Waals surface area contributed by atoms with Gasteiger partial charge >= 0.3 is 0 Å². The maximum Gasteiger partial charge on any atom is 0.262 e. The van der Waals surface area contributed by atoms with Crippen LogP contribution in [0.15, 0.2) is 45.9 Å². The lowest BCUT2D eigenvalue weighted by molar-refractivity contribution is -0.131. The molecule has 0 unspecified atom stereocenters. The van der Waals surface area contributed by atoms with Crippen molar-refractivity contribution in [1.29, 1.82) is 0 Å². The van der Waals surface area contributed by atoms with E-state index in [2.05, 4.69) is 13.0 Å². The van der Waals surface area contributed by atoms with E-state index >= 15 is 0 Å². The van der Waals surface area contributed by atoms with E-state index in [1.165, 1.54) is 36.6 Å². The molecule has 1 aromatic carbocycles. The quantitative estimate of drug-likeness (QED) is 0.380. The molecule has 2 aliphatic rings. The lowest BCUT2D eigenvalue weighted by atomic mass is 9.97. The molecule has 2 heterocycles. The summed E-state index contributed by atoms with van der Waals surface area (Å²) >= 11 is 1.41. The number of aromatic nitrogens is 2. The van der Waals surface area contributed by atoms with Crippen molar-refractivity contribution in [3.05, 3.63) is 46.3 Å². The van der Waals surface area contributed by atoms with Crippen LogP contribution >= 0.6 is 11.8 Å². The summed E-state index contributed by atoms with van der Waals surface area (Å²) in [7, 11) is 0. The van der Waals surface area contributed by atoms with E-state index < -0.39 is 0 Å².